The van der Waals surface area contributed by atoms with E-state index in [2.05, 4.69) is 21.2 Å². The standard InChI is InChI=1S/C31H26N4O3S/c1-37-30(36)27(33-28(24-11-4-2-5-12-24)25-13-6-3-7-14-25)20-22-9-8-10-23(19-22)21-39-31-35-34-29(38-31)26-15-17-32-18-16-26/h2-19,27H,20-21H2,1H3. The van der Waals surface area contributed by atoms with Crippen molar-refractivity contribution in [1.82, 2.24) is 15.2 Å². The minimum Gasteiger partial charge on any atom is -0.467 e. The topological polar surface area (TPSA) is 90.5 Å². The predicted octanol–water partition coefficient (Wildman–Crippen LogP) is 6.05. The third-order valence-electron chi connectivity index (χ3n) is 5.97. The molecule has 1 unspecified atom stereocenters. The fourth-order valence-corrected chi connectivity index (χ4v) is 4.78. The average molecular weight is 535 g/mol. The Bertz CT molecular complexity index is 1500. The number of carbonyl (C=O) groups is 1. The van der Waals surface area contributed by atoms with Crippen LogP contribution in [-0.4, -0.2) is 40.0 Å². The summed E-state index contributed by atoms with van der Waals surface area (Å²) in [5, 5.41) is 8.77. The molecule has 0 N–H and O–H groups in total. The molecule has 2 aromatic heterocycles. The largest absolute Gasteiger partial charge is 0.467 e. The van der Waals surface area contributed by atoms with Gasteiger partial charge in [-0.05, 0) is 23.3 Å². The van der Waals surface area contributed by atoms with E-state index in [1.165, 1.54) is 18.9 Å². The number of carbonyl (C=O) groups excluding carboxylic acids is 1. The molecule has 7 nitrogen and oxygen atoms in total. The Morgan fingerprint density at radius 2 is 1.54 bits per heavy atom. The lowest BCUT2D eigenvalue weighted by Crippen LogP contribution is -2.25. The van der Waals surface area contributed by atoms with Gasteiger partial charge in [-0.3, -0.25) is 9.98 Å². The van der Waals surface area contributed by atoms with E-state index in [9.17, 15) is 4.79 Å². The first kappa shape index (κ1) is 26.1. The van der Waals surface area contributed by atoms with Crippen molar-refractivity contribution in [3.8, 4) is 11.5 Å². The van der Waals surface area contributed by atoms with Gasteiger partial charge in [0.2, 0.25) is 5.89 Å². The third kappa shape index (κ3) is 6.86. The van der Waals surface area contributed by atoms with Crippen molar-refractivity contribution < 1.29 is 13.9 Å². The highest BCUT2D eigenvalue weighted by atomic mass is 32.2. The van der Waals surface area contributed by atoms with Gasteiger partial charge in [-0.15, -0.1) is 10.2 Å². The van der Waals surface area contributed by atoms with Crippen LogP contribution in [0.4, 0.5) is 0 Å². The molecule has 0 amide bonds. The number of aliphatic imine (C=N–C) groups is 1. The molecule has 0 saturated carbocycles. The first-order chi connectivity index (χ1) is 19.2. The van der Waals surface area contributed by atoms with Crippen molar-refractivity contribution in [1.29, 1.82) is 0 Å². The molecule has 0 fully saturated rings. The van der Waals surface area contributed by atoms with Crippen LogP contribution < -0.4 is 0 Å². The molecule has 0 bridgehead atoms. The highest BCUT2D eigenvalue weighted by molar-refractivity contribution is 7.98. The summed E-state index contributed by atoms with van der Waals surface area (Å²) in [6.07, 6.45) is 3.78. The quantitative estimate of drug-likeness (QED) is 0.122. The maximum absolute atomic E-state index is 12.9. The van der Waals surface area contributed by atoms with Crippen LogP contribution in [-0.2, 0) is 21.7 Å². The molecule has 0 aliphatic heterocycles. The molecule has 2 heterocycles. The van der Waals surface area contributed by atoms with Gasteiger partial charge in [-0.2, -0.15) is 0 Å². The second-order valence-corrected chi connectivity index (χ2v) is 9.60. The summed E-state index contributed by atoms with van der Waals surface area (Å²) in [5.41, 5.74) is 5.50. The number of aromatic nitrogens is 3. The second kappa shape index (κ2) is 12.8. The molecule has 39 heavy (non-hydrogen) atoms. The smallest absolute Gasteiger partial charge is 0.330 e. The minimum absolute atomic E-state index is 0.381. The van der Waals surface area contributed by atoms with E-state index in [0.29, 0.717) is 23.3 Å². The zero-order valence-corrected chi connectivity index (χ0v) is 22.1. The maximum atomic E-state index is 12.9. The number of ether oxygens (including phenoxy) is 1. The first-order valence-electron chi connectivity index (χ1n) is 12.4. The molecule has 194 valence electrons. The Labute approximate surface area is 231 Å². The number of esters is 1. The SMILES string of the molecule is COC(=O)C(Cc1cccc(CSc2nnc(-c3ccncc3)o2)c1)N=C(c1ccccc1)c1ccccc1. The Balaban J connectivity index is 1.34. The van der Waals surface area contributed by atoms with Crippen molar-refractivity contribution in [3.63, 3.8) is 0 Å². The van der Waals surface area contributed by atoms with E-state index in [1.54, 1.807) is 12.4 Å². The molecule has 0 aliphatic carbocycles. The van der Waals surface area contributed by atoms with E-state index < -0.39 is 6.04 Å². The number of thioether (sulfide) groups is 1. The minimum atomic E-state index is -0.702. The maximum Gasteiger partial charge on any atom is 0.330 e. The summed E-state index contributed by atoms with van der Waals surface area (Å²) >= 11 is 1.46. The molecule has 8 heteroatoms. The highest BCUT2D eigenvalue weighted by Gasteiger charge is 2.21. The number of pyridine rings is 1. The lowest BCUT2D eigenvalue weighted by atomic mass is 10.00. The zero-order valence-electron chi connectivity index (χ0n) is 21.3. The van der Waals surface area contributed by atoms with E-state index in [4.69, 9.17) is 14.1 Å². The fourth-order valence-electron chi connectivity index (χ4n) is 4.08. The van der Waals surface area contributed by atoms with Gasteiger partial charge in [0.05, 0.1) is 12.8 Å². The van der Waals surface area contributed by atoms with Crippen LogP contribution in [0.2, 0.25) is 0 Å². The molecular formula is C31H26N4O3S. The number of methoxy groups -OCH3 is 1. The summed E-state index contributed by atoms with van der Waals surface area (Å²) in [6, 6.07) is 30.8. The van der Waals surface area contributed by atoms with E-state index in [1.807, 2.05) is 91.0 Å². The number of nitrogens with zero attached hydrogens (tertiary/aromatic N) is 4. The molecule has 0 aliphatic rings. The van der Waals surface area contributed by atoms with Crippen molar-refractivity contribution in [2.75, 3.05) is 7.11 Å². The highest BCUT2D eigenvalue weighted by Crippen LogP contribution is 2.26. The number of hydrogen-bond donors (Lipinski definition) is 0. The van der Waals surface area contributed by atoms with Gasteiger partial charge >= 0.3 is 5.97 Å². The van der Waals surface area contributed by atoms with Gasteiger partial charge in [0, 0.05) is 41.3 Å². The summed E-state index contributed by atoms with van der Waals surface area (Å²) in [6.45, 7) is 0. The monoisotopic (exact) mass is 534 g/mol. The van der Waals surface area contributed by atoms with E-state index in [-0.39, 0.29) is 5.97 Å². The lowest BCUT2D eigenvalue weighted by Gasteiger charge is -2.15. The molecule has 0 saturated heterocycles. The first-order valence-corrected chi connectivity index (χ1v) is 13.4. The zero-order chi connectivity index (χ0) is 26.9. The van der Waals surface area contributed by atoms with Crippen LogP contribution in [0.15, 0.2) is 124 Å². The molecule has 3 aromatic carbocycles. The summed E-state index contributed by atoms with van der Waals surface area (Å²) in [7, 11) is 1.40. The van der Waals surface area contributed by atoms with Crippen LogP contribution >= 0.6 is 11.8 Å². The van der Waals surface area contributed by atoms with Crippen LogP contribution in [0.25, 0.3) is 11.5 Å². The van der Waals surface area contributed by atoms with E-state index >= 15 is 0 Å². The molecule has 0 radical (unpaired) electrons. The Morgan fingerprint density at radius 3 is 2.21 bits per heavy atom. The molecule has 1 atom stereocenters. The Morgan fingerprint density at radius 1 is 0.872 bits per heavy atom. The molecular weight excluding hydrogens is 508 g/mol. The van der Waals surface area contributed by atoms with Gasteiger partial charge in [0.25, 0.3) is 5.22 Å². The number of benzene rings is 3. The summed E-state index contributed by atoms with van der Waals surface area (Å²) in [5.74, 6) is 0.714. The summed E-state index contributed by atoms with van der Waals surface area (Å²) < 4.78 is 10.9. The van der Waals surface area contributed by atoms with Crippen LogP contribution in [0.1, 0.15) is 22.3 Å². The fraction of sp³-hybridized carbons (Fsp3) is 0.129. The van der Waals surface area contributed by atoms with Gasteiger partial charge in [0.15, 0.2) is 6.04 Å². The van der Waals surface area contributed by atoms with Crippen LogP contribution in [0.5, 0.6) is 0 Å². The normalized spacial score (nSPS) is 11.5. The predicted molar refractivity (Wildman–Crippen MR) is 152 cm³/mol. The third-order valence-corrected chi connectivity index (χ3v) is 6.86. The van der Waals surface area contributed by atoms with Gasteiger partial charge < -0.3 is 9.15 Å². The second-order valence-electron chi connectivity index (χ2n) is 8.67. The van der Waals surface area contributed by atoms with Gasteiger partial charge in [-0.25, -0.2) is 4.79 Å². The molecule has 5 aromatic rings. The Kier molecular flexibility index (Phi) is 8.55. The lowest BCUT2D eigenvalue weighted by molar-refractivity contribution is -0.142. The van der Waals surface area contributed by atoms with Gasteiger partial charge in [-0.1, -0.05) is 96.7 Å². The van der Waals surface area contributed by atoms with E-state index in [0.717, 1.165) is 33.5 Å². The van der Waals surface area contributed by atoms with Crippen LogP contribution in [0.3, 0.4) is 0 Å². The van der Waals surface area contributed by atoms with Crippen LogP contribution in [0, 0.1) is 0 Å². The van der Waals surface area contributed by atoms with Crippen molar-refractivity contribution in [3.05, 3.63) is 132 Å². The molecule has 0 spiro atoms. The van der Waals surface area contributed by atoms with Crippen molar-refractivity contribution >= 4 is 23.4 Å². The molecule has 5 rings (SSSR count). The van der Waals surface area contributed by atoms with Crippen molar-refractivity contribution in [2.45, 2.75) is 23.4 Å². The number of hydrogen-bond acceptors (Lipinski definition) is 8. The average Bonchev–Trinajstić information content (AvgIpc) is 3.48. The summed E-state index contributed by atoms with van der Waals surface area (Å²) in [4.78, 5) is 21.8. The van der Waals surface area contributed by atoms with Gasteiger partial charge in [0.1, 0.15) is 0 Å². The Hall–Kier alpha value is -4.56. The van der Waals surface area contributed by atoms with Crippen molar-refractivity contribution in [2.24, 2.45) is 4.99 Å². The number of rotatable bonds is 10.